The van der Waals surface area contributed by atoms with Gasteiger partial charge in [-0.15, -0.1) is 0 Å². The highest BCUT2D eigenvalue weighted by Gasteiger charge is 2.19. The molecule has 0 unspecified atom stereocenters. The molecule has 2 rings (SSSR count). The molecule has 0 fully saturated rings. The van der Waals surface area contributed by atoms with Crippen LogP contribution < -0.4 is 5.56 Å². The van der Waals surface area contributed by atoms with Gasteiger partial charge in [-0.1, -0.05) is 17.7 Å². The SMILES string of the molecule is Cc1cn(C)c(=O)c(C#N)c1-c1c(F)cccc1Cl. The van der Waals surface area contributed by atoms with E-state index in [0.29, 0.717) is 5.56 Å². The Kier molecular flexibility index (Phi) is 3.41. The molecule has 1 aromatic heterocycles. The second-order valence-electron chi connectivity index (χ2n) is 4.19. The van der Waals surface area contributed by atoms with Crippen molar-refractivity contribution in [1.29, 1.82) is 5.26 Å². The fraction of sp³-hybridized carbons (Fsp3) is 0.143. The molecule has 19 heavy (non-hydrogen) atoms. The molecule has 0 saturated carbocycles. The van der Waals surface area contributed by atoms with E-state index in [1.165, 1.54) is 22.8 Å². The minimum atomic E-state index is -0.555. The molecule has 0 radical (unpaired) electrons. The van der Waals surface area contributed by atoms with Crippen LogP contribution in [0.5, 0.6) is 0 Å². The molecule has 2 aromatic rings. The first-order valence-corrected chi connectivity index (χ1v) is 5.90. The number of aromatic nitrogens is 1. The minimum absolute atomic E-state index is 0.0934. The van der Waals surface area contributed by atoms with E-state index in [1.54, 1.807) is 20.2 Å². The molecule has 3 nitrogen and oxygen atoms in total. The Morgan fingerprint density at radius 1 is 1.37 bits per heavy atom. The van der Waals surface area contributed by atoms with E-state index in [0.717, 1.165) is 0 Å². The predicted octanol–water partition coefficient (Wildman–Crippen LogP) is 3.02. The highest BCUT2D eigenvalue weighted by atomic mass is 35.5. The van der Waals surface area contributed by atoms with Crippen molar-refractivity contribution in [2.75, 3.05) is 0 Å². The molecular formula is C14H10ClFN2O. The van der Waals surface area contributed by atoms with E-state index in [1.807, 2.05) is 6.07 Å². The summed E-state index contributed by atoms with van der Waals surface area (Å²) in [7, 11) is 1.54. The number of nitrogens with zero attached hydrogens (tertiary/aromatic N) is 2. The number of benzene rings is 1. The van der Waals surface area contributed by atoms with E-state index in [2.05, 4.69) is 0 Å². The Hall–Kier alpha value is -2.12. The zero-order valence-corrected chi connectivity index (χ0v) is 11.1. The van der Waals surface area contributed by atoms with Crippen LogP contribution in [0, 0.1) is 24.1 Å². The van der Waals surface area contributed by atoms with Gasteiger partial charge < -0.3 is 4.57 Å². The second-order valence-corrected chi connectivity index (χ2v) is 4.59. The normalized spacial score (nSPS) is 10.3. The third-order valence-electron chi connectivity index (χ3n) is 2.89. The monoisotopic (exact) mass is 276 g/mol. The van der Waals surface area contributed by atoms with Crippen LogP contribution in [0.2, 0.25) is 5.02 Å². The summed E-state index contributed by atoms with van der Waals surface area (Å²) in [6, 6.07) is 6.09. The van der Waals surface area contributed by atoms with Gasteiger partial charge in [0, 0.05) is 24.4 Å². The fourth-order valence-electron chi connectivity index (χ4n) is 2.06. The highest BCUT2D eigenvalue weighted by Crippen LogP contribution is 2.33. The lowest BCUT2D eigenvalue weighted by Gasteiger charge is -2.12. The quantitative estimate of drug-likeness (QED) is 0.804. The summed E-state index contributed by atoms with van der Waals surface area (Å²) in [5, 5.41) is 9.34. The maximum absolute atomic E-state index is 14.0. The van der Waals surface area contributed by atoms with Gasteiger partial charge in [-0.25, -0.2) is 4.39 Å². The minimum Gasteiger partial charge on any atom is -0.317 e. The van der Waals surface area contributed by atoms with Crippen molar-refractivity contribution in [1.82, 2.24) is 4.57 Å². The van der Waals surface area contributed by atoms with Crippen molar-refractivity contribution in [3.8, 4) is 17.2 Å². The molecule has 0 amide bonds. The van der Waals surface area contributed by atoms with Crippen molar-refractivity contribution in [2.45, 2.75) is 6.92 Å². The molecular weight excluding hydrogens is 267 g/mol. The van der Waals surface area contributed by atoms with E-state index >= 15 is 0 Å². The number of aryl methyl sites for hydroxylation is 2. The Morgan fingerprint density at radius 2 is 2.05 bits per heavy atom. The lowest BCUT2D eigenvalue weighted by Crippen LogP contribution is -2.21. The summed E-state index contributed by atoms with van der Waals surface area (Å²) in [4.78, 5) is 11.9. The van der Waals surface area contributed by atoms with Crippen molar-refractivity contribution >= 4 is 11.6 Å². The zero-order valence-electron chi connectivity index (χ0n) is 10.4. The fourth-order valence-corrected chi connectivity index (χ4v) is 2.31. The summed E-state index contributed by atoms with van der Waals surface area (Å²) >= 11 is 6.00. The third-order valence-corrected chi connectivity index (χ3v) is 3.21. The van der Waals surface area contributed by atoms with Crippen LogP contribution in [-0.2, 0) is 7.05 Å². The van der Waals surface area contributed by atoms with E-state index in [9.17, 15) is 9.18 Å². The van der Waals surface area contributed by atoms with Crippen LogP contribution in [0.1, 0.15) is 11.1 Å². The molecule has 0 saturated heterocycles. The first-order valence-electron chi connectivity index (χ1n) is 5.52. The lowest BCUT2D eigenvalue weighted by atomic mass is 9.97. The molecule has 0 aliphatic carbocycles. The lowest BCUT2D eigenvalue weighted by molar-refractivity contribution is 0.631. The summed E-state index contributed by atoms with van der Waals surface area (Å²) in [6.07, 6.45) is 1.56. The number of hydrogen-bond acceptors (Lipinski definition) is 2. The van der Waals surface area contributed by atoms with E-state index in [-0.39, 0.29) is 21.7 Å². The molecule has 0 aliphatic heterocycles. The summed E-state index contributed by atoms with van der Waals surface area (Å²) in [5.41, 5.74) is 0.396. The Labute approximate surface area is 114 Å². The smallest absolute Gasteiger partial charge is 0.268 e. The average Bonchev–Trinajstić information content (AvgIpc) is 2.35. The average molecular weight is 277 g/mol. The van der Waals surface area contributed by atoms with Gasteiger partial charge >= 0.3 is 0 Å². The number of rotatable bonds is 1. The Balaban J connectivity index is 2.96. The largest absolute Gasteiger partial charge is 0.317 e. The number of nitriles is 1. The molecule has 0 aliphatic rings. The van der Waals surface area contributed by atoms with Gasteiger partial charge in [0.2, 0.25) is 0 Å². The van der Waals surface area contributed by atoms with Crippen molar-refractivity contribution in [3.05, 3.63) is 56.7 Å². The predicted molar refractivity (Wildman–Crippen MR) is 71.5 cm³/mol. The maximum Gasteiger partial charge on any atom is 0.268 e. The molecule has 0 bridgehead atoms. The van der Waals surface area contributed by atoms with Crippen LogP contribution in [-0.4, -0.2) is 4.57 Å². The Morgan fingerprint density at radius 3 is 2.63 bits per heavy atom. The first-order chi connectivity index (χ1) is 8.97. The van der Waals surface area contributed by atoms with Gasteiger partial charge in [-0.2, -0.15) is 5.26 Å². The standard InChI is InChI=1S/C14H10ClFN2O/c1-8-7-18(2)14(19)9(6-17)12(8)13-10(15)4-3-5-11(13)16/h3-5,7H,1-2H3. The van der Waals surface area contributed by atoms with Crippen LogP contribution in [0.15, 0.2) is 29.2 Å². The molecule has 0 N–H and O–H groups in total. The number of hydrogen-bond donors (Lipinski definition) is 0. The van der Waals surface area contributed by atoms with Gasteiger partial charge in [-0.3, -0.25) is 4.79 Å². The topological polar surface area (TPSA) is 45.8 Å². The van der Waals surface area contributed by atoms with Crippen LogP contribution in [0.25, 0.3) is 11.1 Å². The second kappa shape index (κ2) is 4.87. The molecule has 96 valence electrons. The van der Waals surface area contributed by atoms with Crippen molar-refractivity contribution < 1.29 is 4.39 Å². The highest BCUT2D eigenvalue weighted by molar-refractivity contribution is 6.33. The zero-order chi connectivity index (χ0) is 14.2. The molecule has 1 heterocycles. The molecule has 1 aromatic carbocycles. The van der Waals surface area contributed by atoms with Gasteiger partial charge in [0.1, 0.15) is 17.4 Å². The first kappa shape index (κ1) is 13.3. The van der Waals surface area contributed by atoms with Crippen molar-refractivity contribution in [2.24, 2.45) is 7.05 Å². The van der Waals surface area contributed by atoms with E-state index < -0.39 is 11.4 Å². The summed E-state index contributed by atoms with van der Waals surface area (Å²) < 4.78 is 15.3. The molecule has 5 heteroatoms. The van der Waals surface area contributed by atoms with Crippen LogP contribution >= 0.6 is 11.6 Å². The Bertz CT molecular complexity index is 739. The molecule has 0 spiro atoms. The number of halogens is 2. The third kappa shape index (κ3) is 2.13. The van der Waals surface area contributed by atoms with Crippen LogP contribution in [0.3, 0.4) is 0 Å². The van der Waals surface area contributed by atoms with Gasteiger partial charge in [0.05, 0.1) is 5.02 Å². The maximum atomic E-state index is 14.0. The van der Waals surface area contributed by atoms with Gasteiger partial charge in [0.25, 0.3) is 5.56 Å². The number of pyridine rings is 1. The van der Waals surface area contributed by atoms with Crippen molar-refractivity contribution in [3.63, 3.8) is 0 Å². The van der Waals surface area contributed by atoms with Gasteiger partial charge in [0.15, 0.2) is 0 Å². The van der Waals surface area contributed by atoms with Crippen LogP contribution in [0.4, 0.5) is 4.39 Å². The van der Waals surface area contributed by atoms with Gasteiger partial charge in [-0.05, 0) is 24.6 Å². The van der Waals surface area contributed by atoms with E-state index in [4.69, 9.17) is 16.9 Å². The summed E-state index contributed by atoms with van der Waals surface area (Å²) in [6.45, 7) is 1.71. The molecule has 0 atom stereocenters. The summed E-state index contributed by atoms with van der Waals surface area (Å²) in [5.74, 6) is -0.555.